The maximum atomic E-state index is 12.2. The van der Waals surface area contributed by atoms with Gasteiger partial charge in [0, 0.05) is 6.16 Å². The average Bonchev–Trinajstić information content (AvgIpc) is 2.28. The zero-order valence-corrected chi connectivity index (χ0v) is 12.6. The molecule has 0 aliphatic carbocycles. The van der Waals surface area contributed by atoms with Crippen LogP contribution in [0.15, 0.2) is 0 Å². The van der Waals surface area contributed by atoms with Crippen LogP contribution in [0.25, 0.3) is 0 Å². The van der Waals surface area contributed by atoms with Gasteiger partial charge in [-0.05, 0) is 26.2 Å². The van der Waals surface area contributed by atoms with Gasteiger partial charge in [-0.3, -0.25) is 9.36 Å². The first-order chi connectivity index (χ1) is 8.38. The van der Waals surface area contributed by atoms with Crippen molar-refractivity contribution in [1.82, 2.24) is 0 Å². The van der Waals surface area contributed by atoms with Gasteiger partial charge >= 0.3 is 5.97 Å². The number of ether oxygens (including phenoxy) is 1. The lowest BCUT2D eigenvalue weighted by molar-refractivity contribution is -0.147. The van der Waals surface area contributed by atoms with E-state index in [2.05, 4.69) is 0 Å². The average molecular weight is 280 g/mol. The fourth-order valence-electron chi connectivity index (χ4n) is 1.80. The van der Waals surface area contributed by atoms with Crippen LogP contribution >= 0.6 is 7.37 Å². The van der Waals surface area contributed by atoms with Crippen molar-refractivity contribution < 1.29 is 23.7 Å². The van der Waals surface area contributed by atoms with E-state index in [1.165, 1.54) is 0 Å². The third kappa shape index (κ3) is 6.53. The number of aliphatic hydroxyl groups is 1. The quantitative estimate of drug-likeness (QED) is 0.519. The second-order valence-electron chi connectivity index (χ2n) is 4.63. The molecule has 0 saturated heterocycles. The molecule has 0 fully saturated rings. The Morgan fingerprint density at radius 2 is 1.89 bits per heavy atom. The van der Waals surface area contributed by atoms with Crippen LogP contribution in [-0.2, 0) is 18.6 Å². The number of rotatable bonds is 9. The number of carbonyl (C=O) groups is 1. The van der Waals surface area contributed by atoms with Crippen molar-refractivity contribution in [3.8, 4) is 0 Å². The van der Waals surface area contributed by atoms with Crippen molar-refractivity contribution in [1.29, 1.82) is 0 Å². The van der Waals surface area contributed by atoms with Crippen LogP contribution in [0.3, 0.4) is 0 Å². The van der Waals surface area contributed by atoms with Crippen molar-refractivity contribution in [2.24, 2.45) is 11.8 Å². The molecular formula is C12H25O5P. The summed E-state index contributed by atoms with van der Waals surface area (Å²) in [5.41, 5.74) is 0. The predicted octanol–water partition coefficient (Wildman–Crippen LogP) is 2.48. The topological polar surface area (TPSA) is 72.8 Å². The summed E-state index contributed by atoms with van der Waals surface area (Å²) in [7, 11) is -3.14. The standard InChI is InChI=1S/C12H25O5P/c1-5-16-12(14)11(7-10(3)4)8-18(15,9-13)17-6-2/h10-11,13H,5-9H2,1-4H3. The second kappa shape index (κ2) is 8.68. The van der Waals surface area contributed by atoms with Crippen molar-refractivity contribution in [3.05, 3.63) is 0 Å². The van der Waals surface area contributed by atoms with Crippen molar-refractivity contribution >= 4 is 13.3 Å². The third-order valence-corrected chi connectivity index (χ3v) is 4.61. The highest BCUT2D eigenvalue weighted by Crippen LogP contribution is 2.48. The highest BCUT2D eigenvalue weighted by molar-refractivity contribution is 7.58. The van der Waals surface area contributed by atoms with Crippen LogP contribution in [-0.4, -0.2) is 36.8 Å². The molecule has 2 atom stereocenters. The third-order valence-electron chi connectivity index (χ3n) is 2.45. The van der Waals surface area contributed by atoms with E-state index >= 15 is 0 Å². The van der Waals surface area contributed by atoms with Crippen LogP contribution in [0, 0.1) is 11.8 Å². The van der Waals surface area contributed by atoms with Gasteiger partial charge in [0.05, 0.1) is 19.1 Å². The molecule has 0 aromatic heterocycles. The lowest BCUT2D eigenvalue weighted by Gasteiger charge is -2.22. The first-order valence-electron chi connectivity index (χ1n) is 6.38. The minimum Gasteiger partial charge on any atom is -0.466 e. The monoisotopic (exact) mass is 280 g/mol. The normalized spacial score (nSPS) is 16.3. The van der Waals surface area contributed by atoms with Crippen molar-refractivity contribution in [2.75, 3.05) is 25.7 Å². The summed E-state index contributed by atoms with van der Waals surface area (Å²) in [4.78, 5) is 11.8. The molecule has 0 aromatic carbocycles. The first kappa shape index (κ1) is 17.6. The molecule has 0 radical (unpaired) electrons. The summed E-state index contributed by atoms with van der Waals surface area (Å²) < 4.78 is 22.3. The zero-order chi connectivity index (χ0) is 14.2. The fraction of sp³-hybridized carbons (Fsp3) is 0.917. The molecule has 0 aliphatic rings. The summed E-state index contributed by atoms with van der Waals surface area (Å²) in [5, 5.41) is 9.17. The molecule has 0 heterocycles. The van der Waals surface area contributed by atoms with Gasteiger partial charge in [0.1, 0.15) is 6.35 Å². The molecule has 6 heteroatoms. The number of hydrogen-bond donors (Lipinski definition) is 1. The number of carbonyl (C=O) groups excluding carboxylic acids is 1. The maximum absolute atomic E-state index is 12.2. The summed E-state index contributed by atoms with van der Waals surface area (Å²) in [6.45, 7) is 7.97. The Balaban J connectivity index is 4.75. The molecule has 0 bridgehead atoms. The van der Waals surface area contributed by atoms with E-state index in [1.807, 2.05) is 13.8 Å². The van der Waals surface area contributed by atoms with Gasteiger partial charge in [-0.25, -0.2) is 0 Å². The fourth-order valence-corrected chi connectivity index (χ4v) is 3.54. The molecule has 5 nitrogen and oxygen atoms in total. The Kier molecular flexibility index (Phi) is 8.49. The SMILES string of the molecule is CCOC(=O)C(CC(C)C)CP(=O)(CO)OCC. The Morgan fingerprint density at radius 1 is 1.28 bits per heavy atom. The van der Waals surface area contributed by atoms with E-state index in [9.17, 15) is 14.5 Å². The van der Waals surface area contributed by atoms with E-state index in [1.54, 1.807) is 13.8 Å². The highest BCUT2D eigenvalue weighted by atomic mass is 31.2. The van der Waals surface area contributed by atoms with E-state index in [-0.39, 0.29) is 24.7 Å². The molecule has 0 aliphatic heterocycles. The minimum absolute atomic E-state index is 0.0500. The Morgan fingerprint density at radius 3 is 2.28 bits per heavy atom. The van der Waals surface area contributed by atoms with Crippen LogP contribution in [0.1, 0.15) is 34.1 Å². The summed E-state index contributed by atoms with van der Waals surface area (Å²) >= 11 is 0. The van der Waals surface area contributed by atoms with E-state index in [4.69, 9.17) is 9.26 Å². The van der Waals surface area contributed by atoms with Crippen molar-refractivity contribution in [3.63, 3.8) is 0 Å². The van der Waals surface area contributed by atoms with Gasteiger partial charge in [0.15, 0.2) is 0 Å². The Labute approximate surface area is 109 Å². The highest BCUT2D eigenvalue weighted by Gasteiger charge is 2.32. The molecule has 0 aromatic rings. The molecule has 18 heavy (non-hydrogen) atoms. The Bertz CT molecular complexity index is 290. The van der Waals surface area contributed by atoms with Gasteiger partial charge in [-0.2, -0.15) is 0 Å². The maximum Gasteiger partial charge on any atom is 0.309 e. The molecule has 2 unspecified atom stereocenters. The van der Waals surface area contributed by atoms with Crippen LogP contribution in [0.2, 0.25) is 0 Å². The van der Waals surface area contributed by atoms with Gasteiger partial charge in [0.25, 0.3) is 0 Å². The molecule has 0 amide bonds. The lowest BCUT2D eigenvalue weighted by Crippen LogP contribution is -2.24. The smallest absolute Gasteiger partial charge is 0.309 e. The second-order valence-corrected chi connectivity index (χ2v) is 7.17. The molecule has 1 N–H and O–H groups in total. The predicted molar refractivity (Wildman–Crippen MR) is 70.8 cm³/mol. The minimum atomic E-state index is -3.14. The molecule has 0 saturated carbocycles. The van der Waals surface area contributed by atoms with Crippen LogP contribution < -0.4 is 0 Å². The zero-order valence-electron chi connectivity index (χ0n) is 11.7. The van der Waals surface area contributed by atoms with Crippen LogP contribution in [0.5, 0.6) is 0 Å². The summed E-state index contributed by atoms with van der Waals surface area (Å²) in [6.07, 6.45) is 0.0963. The summed E-state index contributed by atoms with van der Waals surface area (Å²) in [6, 6.07) is 0. The lowest BCUT2D eigenvalue weighted by atomic mass is 9.99. The van der Waals surface area contributed by atoms with Crippen molar-refractivity contribution in [2.45, 2.75) is 34.1 Å². The first-order valence-corrected chi connectivity index (χ1v) is 8.38. The van der Waals surface area contributed by atoms with E-state index in [0.717, 1.165) is 0 Å². The molecule has 108 valence electrons. The number of esters is 1. The largest absolute Gasteiger partial charge is 0.466 e. The van der Waals surface area contributed by atoms with E-state index in [0.29, 0.717) is 13.0 Å². The Hall–Kier alpha value is -0.380. The van der Waals surface area contributed by atoms with Crippen LogP contribution in [0.4, 0.5) is 0 Å². The summed E-state index contributed by atoms with van der Waals surface area (Å²) in [5.74, 6) is -0.553. The van der Waals surface area contributed by atoms with Gasteiger partial charge in [0.2, 0.25) is 7.37 Å². The number of hydrogen-bond acceptors (Lipinski definition) is 5. The number of aliphatic hydroxyl groups excluding tert-OH is 1. The van der Waals surface area contributed by atoms with Gasteiger partial charge < -0.3 is 14.4 Å². The van der Waals surface area contributed by atoms with Gasteiger partial charge in [-0.1, -0.05) is 13.8 Å². The van der Waals surface area contributed by atoms with Gasteiger partial charge in [-0.15, -0.1) is 0 Å². The molecular weight excluding hydrogens is 255 g/mol. The molecule has 0 spiro atoms. The molecule has 0 rings (SSSR count). The van der Waals surface area contributed by atoms with E-state index < -0.39 is 19.6 Å².